The Labute approximate surface area is 156 Å². The Balaban J connectivity index is 2.24. The van der Waals surface area contributed by atoms with Crippen LogP contribution in [0, 0.1) is 13.8 Å². The van der Waals surface area contributed by atoms with E-state index in [0.717, 1.165) is 22.0 Å². The maximum atomic E-state index is 12.4. The molecule has 6 heteroatoms. The lowest BCUT2D eigenvalue weighted by Gasteiger charge is -2.16. The summed E-state index contributed by atoms with van der Waals surface area (Å²) in [5.41, 5.74) is 4.12. The van der Waals surface area contributed by atoms with Crippen LogP contribution in [0.4, 0.5) is 11.4 Å². The molecule has 134 valence electrons. The maximum Gasteiger partial charge on any atom is 0.341 e. The van der Waals surface area contributed by atoms with E-state index in [1.54, 1.807) is 19.1 Å². The van der Waals surface area contributed by atoms with Crippen LogP contribution in [0.1, 0.15) is 28.4 Å². The van der Waals surface area contributed by atoms with Gasteiger partial charge in [0, 0.05) is 16.6 Å². The van der Waals surface area contributed by atoms with Crippen LogP contribution < -0.4 is 5.32 Å². The van der Waals surface area contributed by atoms with Crippen molar-refractivity contribution < 1.29 is 14.6 Å². The van der Waals surface area contributed by atoms with Crippen molar-refractivity contribution >= 4 is 39.8 Å². The van der Waals surface area contributed by atoms with Crippen LogP contribution in [0.5, 0.6) is 5.75 Å². The Morgan fingerprint density at radius 1 is 1.27 bits per heavy atom. The second-order valence-corrected chi connectivity index (χ2v) is 6.39. The molecule has 0 aliphatic rings. The minimum absolute atomic E-state index is 0.0259. The number of nitrogens with one attached hydrogen (secondary N) is 1. The molecule has 1 aromatic heterocycles. The predicted molar refractivity (Wildman–Crippen MR) is 104 cm³/mol. The number of rotatable bonds is 4. The average molecular weight is 371 g/mol. The van der Waals surface area contributed by atoms with Crippen LogP contribution in [-0.2, 0) is 4.74 Å². The van der Waals surface area contributed by atoms with E-state index in [1.807, 2.05) is 26.0 Å². The van der Waals surface area contributed by atoms with Crippen LogP contribution in [0.2, 0.25) is 5.02 Å². The SMILES string of the molecule is CCOC(=O)c1cnc2c(C)c(C)ccc2c1Nc1cc(Cl)ccc1O. The Hall–Kier alpha value is -2.79. The van der Waals surface area contributed by atoms with Gasteiger partial charge in [0.1, 0.15) is 11.3 Å². The molecule has 0 bridgehead atoms. The number of benzene rings is 2. The lowest BCUT2D eigenvalue weighted by atomic mass is 10.0. The number of phenols is 1. The van der Waals surface area contributed by atoms with Crippen molar-refractivity contribution in [2.45, 2.75) is 20.8 Å². The molecule has 3 aromatic rings. The molecule has 0 saturated heterocycles. The standard InChI is InChI=1S/C20H19ClN2O3/c1-4-26-20(25)15-10-22-18-12(3)11(2)5-7-14(18)19(15)23-16-9-13(21)6-8-17(16)24/h5-10,24H,4H2,1-3H3,(H,22,23). The summed E-state index contributed by atoms with van der Waals surface area (Å²) in [4.78, 5) is 16.9. The highest BCUT2D eigenvalue weighted by atomic mass is 35.5. The normalized spacial score (nSPS) is 10.8. The molecule has 0 amide bonds. The van der Waals surface area contributed by atoms with Gasteiger partial charge in [-0.2, -0.15) is 0 Å². The lowest BCUT2D eigenvalue weighted by Crippen LogP contribution is -2.09. The average Bonchev–Trinajstić information content (AvgIpc) is 2.61. The van der Waals surface area contributed by atoms with Crippen LogP contribution in [0.25, 0.3) is 10.9 Å². The third-order valence-electron chi connectivity index (χ3n) is 4.28. The first kappa shape index (κ1) is 18.0. The predicted octanol–water partition coefficient (Wildman–Crippen LogP) is 5.13. The molecule has 0 fully saturated rings. The second kappa shape index (κ2) is 7.22. The Morgan fingerprint density at radius 3 is 2.77 bits per heavy atom. The van der Waals surface area contributed by atoms with Crippen molar-refractivity contribution in [2.75, 3.05) is 11.9 Å². The zero-order chi connectivity index (χ0) is 18.8. The summed E-state index contributed by atoms with van der Waals surface area (Å²) in [6.07, 6.45) is 1.50. The fourth-order valence-electron chi connectivity index (χ4n) is 2.75. The largest absolute Gasteiger partial charge is 0.506 e. The number of anilines is 2. The summed E-state index contributed by atoms with van der Waals surface area (Å²) < 4.78 is 5.16. The molecular weight excluding hydrogens is 352 g/mol. The fourth-order valence-corrected chi connectivity index (χ4v) is 2.92. The third kappa shape index (κ3) is 3.30. The van der Waals surface area contributed by atoms with Gasteiger partial charge in [0.15, 0.2) is 0 Å². The summed E-state index contributed by atoms with van der Waals surface area (Å²) in [5, 5.41) is 14.5. The van der Waals surface area contributed by atoms with Gasteiger partial charge in [0.2, 0.25) is 0 Å². The highest BCUT2D eigenvalue weighted by Gasteiger charge is 2.19. The van der Waals surface area contributed by atoms with Crippen molar-refractivity contribution in [3.05, 3.63) is 58.2 Å². The first-order valence-electron chi connectivity index (χ1n) is 8.24. The van der Waals surface area contributed by atoms with Crippen LogP contribution in [0.15, 0.2) is 36.5 Å². The number of ether oxygens (including phenoxy) is 1. The number of aryl methyl sites for hydroxylation is 2. The maximum absolute atomic E-state index is 12.4. The van der Waals surface area contributed by atoms with E-state index in [1.165, 1.54) is 12.3 Å². The number of carbonyl (C=O) groups excluding carboxylic acids is 1. The monoisotopic (exact) mass is 370 g/mol. The number of hydrogen-bond donors (Lipinski definition) is 2. The fraction of sp³-hybridized carbons (Fsp3) is 0.200. The van der Waals surface area contributed by atoms with E-state index in [4.69, 9.17) is 16.3 Å². The van der Waals surface area contributed by atoms with Crippen molar-refractivity contribution in [1.82, 2.24) is 4.98 Å². The van der Waals surface area contributed by atoms with Crippen LogP contribution in [0.3, 0.4) is 0 Å². The van der Waals surface area contributed by atoms with Gasteiger partial charge in [-0.05, 0) is 50.1 Å². The van der Waals surface area contributed by atoms with Gasteiger partial charge < -0.3 is 15.2 Å². The molecule has 0 aliphatic heterocycles. The van der Waals surface area contributed by atoms with Gasteiger partial charge in [-0.3, -0.25) is 4.98 Å². The molecule has 0 spiro atoms. The van der Waals surface area contributed by atoms with Gasteiger partial charge in [0.05, 0.1) is 23.5 Å². The number of aromatic nitrogens is 1. The zero-order valence-electron chi connectivity index (χ0n) is 14.8. The zero-order valence-corrected chi connectivity index (χ0v) is 15.5. The van der Waals surface area contributed by atoms with Gasteiger partial charge in [0.25, 0.3) is 0 Å². The first-order valence-corrected chi connectivity index (χ1v) is 8.61. The van der Waals surface area contributed by atoms with Gasteiger partial charge in [-0.15, -0.1) is 0 Å². The number of phenolic OH excluding ortho intramolecular Hbond substituents is 1. The highest BCUT2D eigenvalue weighted by Crippen LogP contribution is 2.35. The first-order chi connectivity index (χ1) is 12.4. The Morgan fingerprint density at radius 2 is 2.04 bits per heavy atom. The summed E-state index contributed by atoms with van der Waals surface area (Å²) in [5.74, 6) is -0.456. The topological polar surface area (TPSA) is 71.5 Å². The number of aromatic hydroxyl groups is 1. The molecule has 0 aliphatic carbocycles. The van der Waals surface area contributed by atoms with E-state index in [2.05, 4.69) is 10.3 Å². The number of carbonyl (C=O) groups is 1. The molecule has 0 atom stereocenters. The van der Waals surface area contributed by atoms with Crippen molar-refractivity contribution in [3.8, 4) is 5.75 Å². The molecule has 0 saturated carbocycles. The Kier molecular flexibility index (Phi) is 5.00. The number of nitrogens with zero attached hydrogens (tertiary/aromatic N) is 1. The minimum atomic E-state index is -0.482. The summed E-state index contributed by atoms with van der Waals surface area (Å²) in [6, 6.07) is 8.55. The number of esters is 1. The quantitative estimate of drug-likeness (QED) is 0.492. The van der Waals surface area contributed by atoms with E-state index >= 15 is 0 Å². The van der Waals surface area contributed by atoms with E-state index in [-0.39, 0.29) is 12.4 Å². The summed E-state index contributed by atoms with van der Waals surface area (Å²) in [6.45, 7) is 5.99. The van der Waals surface area contributed by atoms with Gasteiger partial charge in [-0.25, -0.2) is 4.79 Å². The molecular formula is C20H19ClN2O3. The highest BCUT2D eigenvalue weighted by molar-refractivity contribution is 6.31. The molecule has 5 nitrogen and oxygen atoms in total. The molecule has 3 rings (SSSR count). The number of pyridine rings is 1. The van der Waals surface area contributed by atoms with E-state index in [9.17, 15) is 9.90 Å². The van der Waals surface area contributed by atoms with Gasteiger partial charge >= 0.3 is 5.97 Å². The van der Waals surface area contributed by atoms with Crippen molar-refractivity contribution in [3.63, 3.8) is 0 Å². The minimum Gasteiger partial charge on any atom is -0.506 e. The number of fused-ring (bicyclic) bond motifs is 1. The third-order valence-corrected chi connectivity index (χ3v) is 4.51. The Bertz CT molecular complexity index is 1000. The molecule has 2 aromatic carbocycles. The second-order valence-electron chi connectivity index (χ2n) is 5.96. The molecule has 0 radical (unpaired) electrons. The van der Waals surface area contributed by atoms with E-state index in [0.29, 0.717) is 22.0 Å². The van der Waals surface area contributed by atoms with Crippen LogP contribution >= 0.6 is 11.6 Å². The lowest BCUT2D eigenvalue weighted by molar-refractivity contribution is 0.0527. The number of hydrogen-bond acceptors (Lipinski definition) is 5. The molecule has 2 N–H and O–H groups in total. The molecule has 0 unspecified atom stereocenters. The van der Waals surface area contributed by atoms with Gasteiger partial charge in [-0.1, -0.05) is 23.7 Å². The molecule has 26 heavy (non-hydrogen) atoms. The van der Waals surface area contributed by atoms with Crippen molar-refractivity contribution in [2.24, 2.45) is 0 Å². The van der Waals surface area contributed by atoms with E-state index < -0.39 is 5.97 Å². The summed E-state index contributed by atoms with van der Waals surface area (Å²) >= 11 is 6.04. The summed E-state index contributed by atoms with van der Waals surface area (Å²) in [7, 11) is 0. The van der Waals surface area contributed by atoms with Crippen LogP contribution in [-0.4, -0.2) is 22.7 Å². The van der Waals surface area contributed by atoms with Crippen molar-refractivity contribution in [1.29, 1.82) is 0 Å². The molecule has 1 heterocycles. The number of halogens is 1. The smallest absolute Gasteiger partial charge is 0.341 e.